The Morgan fingerprint density at radius 1 is 1.67 bits per heavy atom. The number of amides is 1. The van der Waals surface area contributed by atoms with E-state index in [1.54, 1.807) is 11.9 Å². The summed E-state index contributed by atoms with van der Waals surface area (Å²) in [5.74, 6) is 0.593. The van der Waals surface area contributed by atoms with E-state index in [1.165, 1.54) is 6.33 Å². The number of carbonyl (C=O) groups excluding carboxylic acids is 1. The molecule has 0 saturated heterocycles. The van der Waals surface area contributed by atoms with E-state index in [0.29, 0.717) is 12.4 Å². The van der Waals surface area contributed by atoms with Gasteiger partial charge in [-0.2, -0.15) is 5.10 Å². The third kappa shape index (κ3) is 4.07. The van der Waals surface area contributed by atoms with Crippen LogP contribution in [0.1, 0.15) is 19.7 Å². The first-order chi connectivity index (χ1) is 7.09. The average molecular weight is 212 g/mol. The van der Waals surface area contributed by atoms with E-state index in [0.717, 1.165) is 0 Å². The van der Waals surface area contributed by atoms with Gasteiger partial charge in [-0.1, -0.05) is 0 Å². The van der Waals surface area contributed by atoms with E-state index in [9.17, 15) is 4.79 Å². The lowest BCUT2D eigenvalue weighted by atomic mass is 10.4. The molecule has 6 nitrogen and oxygen atoms in total. The molecule has 0 radical (unpaired) electrons. The highest BCUT2D eigenvalue weighted by Crippen LogP contribution is 1.96. The van der Waals surface area contributed by atoms with Crippen LogP contribution in [0.5, 0.6) is 0 Å². The molecule has 0 atom stereocenters. The lowest BCUT2D eigenvalue weighted by Crippen LogP contribution is -2.31. The van der Waals surface area contributed by atoms with Crippen LogP contribution in [0.3, 0.4) is 0 Å². The van der Waals surface area contributed by atoms with Gasteiger partial charge in [0.05, 0.1) is 12.6 Å². The standard InChI is InChI=1S/C9H16N4O2/c1-7(2)15-5-9(14)13(3)4-8-10-6-11-12-8/h6-7H,4-5H2,1-3H3,(H,10,11,12). The number of aromatic nitrogens is 3. The largest absolute Gasteiger partial charge is 0.369 e. The molecule has 0 spiro atoms. The Morgan fingerprint density at radius 3 is 2.93 bits per heavy atom. The van der Waals surface area contributed by atoms with Gasteiger partial charge in [0.15, 0.2) is 0 Å². The summed E-state index contributed by atoms with van der Waals surface area (Å²) in [5.41, 5.74) is 0. The van der Waals surface area contributed by atoms with Crippen molar-refractivity contribution in [3.05, 3.63) is 12.2 Å². The first-order valence-corrected chi connectivity index (χ1v) is 4.79. The third-order valence-corrected chi connectivity index (χ3v) is 1.82. The molecule has 15 heavy (non-hydrogen) atoms. The van der Waals surface area contributed by atoms with Crippen LogP contribution in [0.2, 0.25) is 0 Å². The van der Waals surface area contributed by atoms with Crippen molar-refractivity contribution in [1.29, 1.82) is 0 Å². The molecule has 84 valence electrons. The summed E-state index contributed by atoms with van der Waals surface area (Å²) in [6.45, 7) is 4.30. The Kier molecular flexibility index (Phi) is 4.23. The summed E-state index contributed by atoms with van der Waals surface area (Å²) in [6, 6.07) is 0. The van der Waals surface area contributed by atoms with Crippen LogP contribution in [0.25, 0.3) is 0 Å². The van der Waals surface area contributed by atoms with Gasteiger partial charge in [-0.3, -0.25) is 9.89 Å². The van der Waals surface area contributed by atoms with Crippen molar-refractivity contribution < 1.29 is 9.53 Å². The summed E-state index contributed by atoms with van der Waals surface area (Å²) in [6.07, 6.45) is 1.48. The number of ether oxygens (including phenoxy) is 1. The van der Waals surface area contributed by atoms with Gasteiger partial charge < -0.3 is 9.64 Å². The highest BCUT2D eigenvalue weighted by Gasteiger charge is 2.11. The molecule has 0 bridgehead atoms. The fourth-order valence-electron chi connectivity index (χ4n) is 0.968. The van der Waals surface area contributed by atoms with Crippen molar-refractivity contribution in [3.63, 3.8) is 0 Å². The molecule has 1 N–H and O–H groups in total. The second-order valence-corrected chi connectivity index (χ2v) is 3.54. The fourth-order valence-corrected chi connectivity index (χ4v) is 0.968. The Balaban J connectivity index is 2.33. The maximum Gasteiger partial charge on any atom is 0.248 e. The Bertz CT molecular complexity index is 297. The Labute approximate surface area is 88.6 Å². The van der Waals surface area contributed by atoms with Crippen molar-refractivity contribution in [3.8, 4) is 0 Å². The number of hydrogen-bond acceptors (Lipinski definition) is 4. The molecule has 0 aliphatic rings. The molecule has 6 heteroatoms. The molecule has 1 amide bonds. The molecule has 0 saturated carbocycles. The number of likely N-dealkylation sites (N-methyl/N-ethyl adjacent to an activating group) is 1. The van der Waals surface area contributed by atoms with Gasteiger partial charge in [0.1, 0.15) is 18.8 Å². The predicted molar refractivity (Wildman–Crippen MR) is 53.9 cm³/mol. The summed E-state index contributed by atoms with van der Waals surface area (Å²) in [5, 5.41) is 6.40. The SMILES string of the molecule is CC(C)OCC(=O)N(C)Cc1ncn[nH]1. The van der Waals surface area contributed by atoms with Crippen molar-refractivity contribution >= 4 is 5.91 Å². The van der Waals surface area contributed by atoms with Crippen LogP contribution >= 0.6 is 0 Å². The third-order valence-electron chi connectivity index (χ3n) is 1.82. The molecular formula is C9H16N4O2. The van der Waals surface area contributed by atoms with Crippen LogP contribution in [0.15, 0.2) is 6.33 Å². The zero-order chi connectivity index (χ0) is 11.3. The van der Waals surface area contributed by atoms with Crippen LogP contribution < -0.4 is 0 Å². The van der Waals surface area contributed by atoms with Gasteiger partial charge in [-0.25, -0.2) is 4.98 Å². The first-order valence-electron chi connectivity index (χ1n) is 4.79. The molecule has 0 aromatic carbocycles. The fraction of sp³-hybridized carbons (Fsp3) is 0.667. The van der Waals surface area contributed by atoms with Crippen molar-refractivity contribution in [2.45, 2.75) is 26.5 Å². The molecule has 1 aromatic rings. The Morgan fingerprint density at radius 2 is 2.40 bits per heavy atom. The van der Waals surface area contributed by atoms with Gasteiger partial charge in [0, 0.05) is 7.05 Å². The zero-order valence-electron chi connectivity index (χ0n) is 9.23. The Hall–Kier alpha value is -1.43. The maximum atomic E-state index is 11.5. The van der Waals surface area contributed by atoms with Crippen molar-refractivity contribution in [2.75, 3.05) is 13.7 Å². The smallest absolute Gasteiger partial charge is 0.248 e. The number of carbonyl (C=O) groups is 1. The minimum atomic E-state index is -0.0694. The number of nitrogens with one attached hydrogen (secondary N) is 1. The van der Waals surface area contributed by atoms with Gasteiger partial charge in [0.2, 0.25) is 5.91 Å². The van der Waals surface area contributed by atoms with E-state index in [4.69, 9.17) is 4.74 Å². The highest BCUT2D eigenvalue weighted by molar-refractivity contribution is 5.77. The van der Waals surface area contributed by atoms with Crippen LogP contribution in [0.4, 0.5) is 0 Å². The molecule has 1 aromatic heterocycles. The van der Waals surface area contributed by atoms with Gasteiger partial charge in [-0.15, -0.1) is 0 Å². The van der Waals surface area contributed by atoms with E-state index >= 15 is 0 Å². The van der Waals surface area contributed by atoms with E-state index < -0.39 is 0 Å². The summed E-state index contributed by atoms with van der Waals surface area (Å²) >= 11 is 0. The monoisotopic (exact) mass is 212 g/mol. The molecule has 0 fully saturated rings. The maximum absolute atomic E-state index is 11.5. The molecule has 0 unspecified atom stereocenters. The lowest BCUT2D eigenvalue weighted by molar-refractivity contribution is -0.136. The minimum Gasteiger partial charge on any atom is -0.369 e. The zero-order valence-corrected chi connectivity index (χ0v) is 9.23. The molecule has 0 aliphatic heterocycles. The highest BCUT2D eigenvalue weighted by atomic mass is 16.5. The second-order valence-electron chi connectivity index (χ2n) is 3.54. The van der Waals surface area contributed by atoms with Gasteiger partial charge >= 0.3 is 0 Å². The minimum absolute atomic E-state index is 0.0626. The summed E-state index contributed by atoms with van der Waals surface area (Å²) < 4.78 is 5.21. The van der Waals surface area contributed by atoms with Crippen molar-refractivity contribution in [2.24, 2.45) is 0 Å². The topological polar surface area (TPSA) is 71.1 Å². The number of rotatable bonds is 5. The molecular weight excluding hydrogens is 196 g/mol. The second kappa shape index (κ2) is 5.45. The number of aromatic amines is 1. The van der Waals surface area contributed by atoms with Crippen molar-refractivity contribution in [1.82, 2.24) is 20.1 Å². The van der Waals surface area contributed by atoms with Gasteiger partial charge in [0.25, 0.3) is 0 Å². The van der Waals surface area contributed by atoms with Crippen LogP contribution in [-0.4, -0.2) is 45.7 Å². The summed E-state index contributed by atoms with van der Waals surface area (Å²) in [7, 11) is 1.70. The molecule has 1 heterocycles. The lowest BCUT2D eigenvalue weighted by Gasteiger charge is -2.16. The summed E-state index contributed by atoms with van der Waals surface area (Å²) in [4.78, 5) is 17.0. The molecule has 0 aliphatic carbocycles. The van der Waals surface area contributed by atoms with E-state index in [-0.39, 0.29) is 18.6 Å². The first kappa shape index (κ1) is 11.6. The normalized spacial score (nSPS) is 10.7. The van der Waals surface area contributed by atoms with Gasteiger partial charge in [-0.05, 0) is 13.8 Å². The quantitative estimate of drug-likeness (QED) is 0.756. The molecule has 1 rings (SSSR count). The average Bonchev–Trinajstić information content (AvgIpc) is 2.66. The van der Waals surface area contributed by atoms with Crippen LogP contribution in [-0.2, 0) is 16.1 Å². The van der Waals surface area contributed by atoms with E-state index in [1.807, 2.05) is 13.8 Å². The predicted octanol–water partition coefficient (Wildman–Crippen LogP) is 0.188. The number of hydrogen-bond donors (Lipinski definition) is 1. The van der Waals surface area contributed by atoms with Crippen LogP contribution in [0, 0.1) is 0 Å². The number of H-pyrrole nitrogens is 1. The van der Waals surface area contributed by atoms with E-state index in [2.05, 4.69) is 15.2 Å². The number of nitrogens with zero attached hydrogens (tertiary/aromatic N) is 3.